The molecule has 0 fully saturated rings. The molecule has 8 nitrogen and oxygen atoms in total. The van der Waals surface area contributed by atoms with E-state index in [1.165, 1.54) is 0 Å². The highest BCUT2D eigenvalue weighted by Crippen LogP contribution is 2.29. The summed E-state index contributed by atoms with van der Waals surface area (Å²) in [4.78, 5) is -3.90. The van der Waals surface area contributed by atoms with Crippen LogP contribution in [0.5, 0.6) is 0 Å². The largest absolute Gasteiger partial charge is 0.315 e. The number of rotatable bonds is 6. The second-order valence-electron chi connectivity index (χ2n) is 4.72. The zero-order valence-electron chi connectivity index (χ0n) is 12.5. The second kappa shape index (κ2) is 7.58. The maximum absolute atomic E-state index is 13.7. The van der Waals surface area contributed by atoms with E-state index >= 15 is 0 Å². The first-order valence-corrected chi connectivity index (χ1v) is 11.2. The Labute approximate surface area is 162 Å². The summed E-state index contributed by atoms with van der Waals surface area (Å²) in [5.74, 6) is -2.71. The van der Waals surface area contributed by atoms with Crippen LogP contribution in [0.1, 0.15) is 0 Å². The minimum Gasteiger partial charge on any atom is -0.219 e. The fourth-order valence-corrected chi connectivity index (χ4v) is 5.05. The molecule has 0 saturated heterocycles. The predicted molar refractivity (Wildman–Crippen MR) is 86.5 cm³/mol. The van der Waals surface area contributed by atoms with Crippen LogP contribution >= 0.6 is 23.7 Å². The van der Waals surface area contributed by atoms with Crippen LogP contribution in [0.2, 0.25) is 0 Å². The maximum atomic E-state index is 13.7. The lowest BCUT2D eigenvalue weighted by Crippen LogP contribution is -2.09. The van der Waals surface area contributed by atoms with Crippen LogP contribution in [0, 0.1) is 11.6 Å². The Balaban J connectivity index is 2.72. The van der Waals surface area contributed by atoms with Crippen LogP contribution in [0.15, 0.2) is 56.0 Å². The first-order valence-electron chi connectivity index (χ1n) is 6.31. The van der Waals surface area contributed by atoms with E-state index in [0.717, 1.165) is 0 Å². The van der Waals surface area contributed by atoms with Gasteiger partial charge >= 0.3 is 20.2 Å². The van der Waals surface area contributed by atoms with E-state index in [1.807, 2.05) is 0 Å². The molecule has 0 unspecified atom stereocenters. The van der Waals surface area contributed by atoms with Crippen LogP contribution in [-0.4, -0.2) is 25.3 Å². The van der Waals surface area contributed by atoms with Crippen molar-refractivity contribution in [2.24, 2.45) is 0 Å². The lowest BCUT2D eigenvalue weighted by molar-refractivity contribution is 0.494. The quantitative estimate of drug-likeness (QED) is 0.575. The monoisotopic (exact) mass is 482 g/mol. The Morgan fingerprint density at radius 3 is 1.30 bits per heavy atom. The van der Waals surface area contributed by atoms with E-state index in [0.29, 0.717) is 36.4 Å². The summed E-state index contributed by atoms with van der Waals surface area (Å²) in [7, 11) is -14.2. The normalized spacial score (nSPS) is 12.9. The second-order valence-corrected chi connectivity index (χ2v) is 10.4. The molecule has 0 radical (unpaired) electrons. The van der Waals surface area contributed by atoms with E-state index in [4.69, 9.17) is 23.7 Å². The summed E-state index contributed by atoms with van der Waals surface area (Å²) >= 11 is 9.50. The summed E-state index contributed by atoms with van der Waals surface area (Å²) in [6, 6.07) is 3.23. The number of hydrogen-bond donors (Lipinski definition) is 0. The molecule has 0 aliphatic carbocycles. The molecule has 0 aliphatic heterocycles. The molecule has 0 saturated carbocycles. The molecular formula is C12H6Cl2F2O8S3. The molecule has 27 heavy (non-hydrogen) atoms. The summed E-state index contributed by atoms with van der Waals surface area (Å²) in [6.45, 7) is 0. The van der Waals surface area contributed by atoms with Crippen molar-refractivity contribution in [3.63, 3.8) is 0 Å². The minimum absolute atomic E-state index is 0.401. The SMILES string of the molecule is O=S(=O)(OCl)c1cc(S(=O)(=O)c2ccc(F)c(S(=O)(=O)OCl)c2)ccc1F. The minimum atomic E-state index is -4.80. The third kappa shape index (κ3) is 4.23. The lowest BCUT2D eigenvalue weighted by atomic mass is 10.3. The van der Waals surface area contributed by atoms with E-state index < -0.39 is 61.3 Å². The van der Waals surface area contributed by atoms with Gasteiger partial charge in [0.1, 0.15) is 21.4 Å². The van der Waals surface area contributed by atoms with Gasteiger partial charge in [-0.1, -0.05) is 0 Å². The van der Waals surface area contributed by atoms with Crippen LogP contribution in [0.4, 0.5) is 8.78 Å². The molecule has 0 heterocycles. The number of halogens is 4. The zero-order chi connectivity index (χ0) is 20.6. The van der Waals surface area contributed by atoms with Crippen molar-refractivity contribution < 1.29 is 41.5 Å². The Kier molecular flexibility index (Phi) is 6.16. The first-order chi connectivity index (χ1) is 12.4. The highest BCUT2D eigenvalue weighted by Gasteiger charge is 2.28. The van der Waals surface area contributed by atoms with Gasteiger partial charge in [-0.15, -0.1) is 0 Å². The summed E-state index contributed by atoms with van der Waals surface area (Å²) < 4.78 is 106. The van der Waals surface area contributed by atoms with Crippen LogP contribution in [-0.2, 0) is 37.5 Å². The van der Waals surface area contributed by atoms with Gasteiger partial charge in [0.05, 0.1) is 33.5 Å². The average Bonchev–Trinajstić information content (AvgIpc) is 2.61. The molecule has 0 spiro atoms. The third-order valence-electron chi connectivity index (χ3n) is 3.13. The Hall–Kier alpha value is -1.35. The number of benzene rings is 2. The molecule has 2 rings (SSSR count). The molecule has 148 valence electrons. The summed E-state index contributed by atoms with van der Waals surface area (Å²) in [5, 5.41) is 0. The number of sulfone groups is 1. The highest BCUT2D eigenvalue weighted by molar-refractivity contribution is 7.91. The van der Waals surface area contributed by atoms with Crippen molar-refractivity contribution in [2.45, 2.75) is 19.6 Å². The zero-order valence-corrected chi connectivity index (χ0v) is 16.4. The van der Waals surface area contributed by atoms with Crippen molar-refractivity contribution in [3.8, 4) is 0 Å². The van der Waals surface area contributed by atoms with Gasteiger partial charge in [0.2, 0.25) is 9.84 Å². The summed E-state index contributed by atoms with van der Waals surface area (Å²) in [6.07, 6.45) is 0. The van der Waals surface area contributed by atoms with Gasteiger partial charge in [-0.05, 0) is 36.4 Å². The van der Waals surface area contributed by atoms with Gasteiger partial charge in [-0.2, -0.15) is 24.3 Å². The topological polar surface area (TPSA) is 121 Å². The maximum Gasteiger partial charge on any atom is 0.315 e. The van der Waals surface area contributed by atoms with Gasteiger partial charge in [0.25, 0.3) is 0 Å². The van der Waals surface area contributed by atoms with Crippen molar-refractivity contribution in [1.82, 2.24) is 0 Å². The molecule has 0 atom stereocenters. The van der Waals surface area contributed by atoms with E-state index in [1.54, 1.807) is 0 Å². The highest BCUT2D eigenvalue weighted by atomic mass is 35.5. The third-order valence-corrected chi connectivity index (χ3v) is 7.91. The summed E-state index contributed by atoms with van der Waals surface area (Å²) in [5.41, 5.74) is 0. The van der Waals surface area contributed by atoms with E-state index in [2.05, 4.69) is 7.47 Å². The molecule has 0 amide bonds. The first kappa shape index (κ1) is 21.9. The van der Waals surface area contributed by atoms with Crippen molar-refractivity contribution in [1.29, 1.82) is 0 Å². The molecular weight excluding hydrogens is 477 g/mol. The molecule has 2 aromatic rings. The van der Waals surface area contributed by atoms with Crippen molar-refractivity contribution >= 4 is 53.8 Å². The Morgan fingerprint density at radius 1 is 0.667 bits per heavy atom. The fraction of sp³-hybridized carbons (Fsp3) is 0. The van der Waals surface area contributed by atoms with Crippen LogP contribution in [0.3, 0.4) is 0 Å². The smallest absolute Gasteiger partial charge is 0.219 e. The van der Waals surface area contributed by atoms with Gasteiger partial charge in [-0.3, -0.25) is 0 Å². The molecule has 15 heteroatoms. The van der Waals surface area contributed by atoms with Gasteiger partial charge in [0.15, 0.2) is 0 Å². The predicted octanol–water partition coefficient (Wildman–Crippen LogP) is 2.52. The molecule has 0 bridgehead atoms. The van der Waals surface area contributed by atoms with Crippen molar-refractivity contribution in [2.75, 3.05) is 0 Å². The van der Waals surface area contributed by atoms with Gasteiger partial charge in [0, 0.05) is 0 Å². The van der Waals surface area contributed by atoms with Crippen LogP contribution < -0.4 is 0 Å². The molecule has 0 N–H and O–H groups in total. The molecule has 2 aromatic carbocycles. The Bertz CT molecular complexity index is 1120. The van der Waals surface area contributed by atoms with E-state index in [-0.39, 0.29) is 0 Å². The van der Waals surface area contributed by atoms with Gasteiger partial charge < -0.3 is 0 Å². The molecule has 0 aromatic heterocycles. The van der Waals surface area contributed by atoms with Gasteiger partial charge in [-0.25, -0.2) is 17.2 Å². The number of hydrogen-bond acceptors (Lipinski definition) is 8. The average molecular weight is 483 g/mol. The fourth-order valence-electron chi connectivity index (χ4n) is 1.89. The lowest BCUT2D eigenvalue weighted by Gasteiger charge is -2.09. The standard InChI is InChI=1S/C12H6Cl2F2O8S3/c13-23-26(19,20)11-5-7(1-3-9(11)15)25(17,18)8-2-4-10(16)12(6-8)27(21,22)24-14/h1-6H. The van der Waals surface area contributed by atoms with E-state index in [9.17, 15) is 34.0 Å². The van der Waals surface area contributed by atoms with Crippen molar-refractivity contribution in [3.05, 3.63) is 48.0 Å². The van der Waals surface area contributed by atoms with Crippen LogP contribution in [0.25, 0.3) is 0 Å². The molecule has 0 aliphatic rings. The Morgan fingerprint density at radius 2 is 1.00 bits per heavy atom.